The minimum absolute atomic E-state index is 0.120. The number of hydrazone groups is 1. The molecule has 0 saturated carbocycles. The van der Waals surface area contributed by atoms with Crippen LogP contribution in [0.3, 0.4) is 0 Å². The first kappa shape index (κ1) is 18.8. The molecule has 0 fully saturated rings. The van der Waals surface area contributed by atoms with Crippen LogP contribution in [0, 0.1) is 3.57 Å². The average Bonchev–Trinajstić information content (AvgIpc) is 3.19. The molecule has 0 spiro atoms. The van der Waals surface area contributed by atoms with Crippen molar-refractivity contribution in [2.24, 2.45) is 5.10 Å². The van der Waals surface area contributed by atoms with E-state index >= 15 is 0 Å². The zero-order valence-electron chi connectivity index (χ0n) is 14.2. The van der Waals surface area contributed by atoms with E-state index in [0.29, 0.717) is 6.61 Å². The molecule has 0 aromatic heterocycles. The van der Waals surface area contributed by atoms with Gasteiger partial charge in [-0.3, -0.25) is 5.43 Å². The molecule has 0 radical (unpaired) electrons. The fourth-order valence-corrected chi connectivity index (χ4v) is 4.62. The highest BCUT2D eigenvalue weighted by Gasteiger charge is 2.22. The Morgan fingerprint density at radius 2 is 1.81 bits per heavy atom. The van der Waals surface area contributed by atoms with Gasteiger partial charge in [-0.15, -0.1) is 0 Å². The molecule has 4 rings (SSSR count). The molecule has 0 bridgehead atoms. The maximum Gasteiger partial charge on any atom is 0.133 e. The van der Waals surface area contributed by atoms with Crippen LogP contribution in [0.25, 0.3) is 0 Å². The number of halogens is 2. The van der Waals surface area contributed by atoms with Gasteiger partial charge in [0, 0.05) is 10.0 Å². The van der Waals surface area contributed by atoms with Gasteiger partial charge in [-0.1, -0.05) is 76.2 Å². The standard InChI is InChI=1S/C21H16BrIN2OS/c22-17-9-6-14(7-10-17)13-26-19-11-8-16(12-18(19)23)21-25-24-20(27-21)15-4-2-1-3-5-15/h1-12,21,25H,13H2/t21-/m0/s1. The van der Waals surface area contributed by atoms with Gasteiger partial charge in [0.15, 0.2) is 0 Å². The third kappa shape index (κ3) is 4.67. The summed E-state index contributed by atoms with van der Waals surface area (Å²) in [5.74, 6) is 0.898. The maximum atomic E-state index is 5.99. The quantitative estimate of drug-likeness (QED) is 0.377. The predicted molar refractivity (Wildman–Crippen MR) is 124 cm³/mol. The van der Waals surface area contributed by atoms with Gasteiger partial charge in [-0.25, -0.2) is 0 Å². The Bertz CT molecular complexity index is 964. The molecule has 0 saturated heterocycles. The molecule has 0 unspecified atom stereocenters. The fraction of sp³-hybridized carbons (Fsp3) is 0.0952. The summed E-state index contributed by atoms with van der Waals surface area (Å²) < 4.78 is 8.16. The molecular formula is C21H16BrIN2OS. The second-order valence-corrected chi connectivity index (χ2v) is 9.19. The Morgan fingerprint density at radius 1 is 1.04 bits per heavy atom. The molecule has 6 heteroatoms. The summed E-state index contributed by atoms with van der Waals surface area (Å²) >= 11 is 7.52. The number of benzene rings is 3. The van der Waals surface area contributed by atoms with E-state index in [2.05, 4.69) is 85.4 Å². The van der Waals surface area contributed by atoms with Crippen molar-refractivity contribution in [2.45, 2.75) is 12.0 Å². The molecule has 1 heterocycles. The number of thioether (sulfide) groups is 1. The van der Waals surface area contributed by atoms with E-state index in [4.69, 9.17) is 4.74 Å². The number of ether oxygens (including phenoxy) is 1. The van der Waals surface area contributed by atoms with Crippen molar-refractivity contribution >= 4 is 55.3 Å². The molecular weight excluding hydrogens is 535 g/mol. The van der Waals surface area contributed by atoms with Crippen LogP contribution >= 0.6 is 50.3 Å². The summed E-state index contributed by atoms with van der Waals surface area (Å²) in [6.45, 7) is 0.556. The Balaban J connectivity index is 1.41. The van der Waals surface area contributed by atoms with Gasteiger partial charge in [0.25, 0.3) is 0 Å². The Labute approximate surface area is 184 Å². The summed E-state index contributed by atoms with van der Waals surface area (Å²) in [5.41, 5.74) is 6.71. The van der Waals surface area contributed by atoms with Crippen LogP contribution in [0.5, 0.6) is 5.75 Å². The van der Waals surface area contributed by atoms with E-state index in [0.717, 1.165) is 30.0 Å². The van der Waals surface area contributed by atoms with Crippen LogP contribution in [0.4, 0.5) is 0 Å². The molecule has 3 aromatic carbocycles. The summed E-state index contributed by atoms with van der Waals surface area (Å²) in [6, 6.07) is 24.7. The SMILES string of the molecule is Brc1ccc(COc2ccc([C@H]3NN=C(c4ccccc4)S3)cc2I)cc1. The normalized spacial score (nSPS) is 15.9. The minimum atomic E-state index is 0.120. The third-order valence-corrected chi connectivity index (χ3v) is 6.64. The highest BCUT2D eigenvalue weighted by Crippen LogP contribution is 2.36. The molecule has 1 aliphatic rings. The van der Waals surface area contributed by atoms with E-state index in [1.54, 1.807) is 11.8 Å². The van der Waals surface area contributed by atoms with Crippen LogP contribution in [0.2, 0.25) is 0 Å². The molecule has 1 atom stereocenters. The Morgan fingerprint density at radius 3 is 2.56 bits per heavy atom. The van der Waals surface area contributed by atoms with Crippen molar-refractivity contribution in [1.29, 1.82) is 0 Å². The zero-order chi connectivity index (χ0) is 18.6. The molecule has 3 aromatic rings. The molecule has 1 aliphatic heterocycles. The van der Waals surface area contributed by atoms with Crippen LogP contribution < -0.4 is 10.2 Å². The van der Waals surface area contributed by atoms with Crippen LogP contribution in [-0.2, 0) is 6.61 Å². The first-order chi connectivity index (χ1) is 13.2. The average molecular weight is 551 g/mol. The monoisotopic (exact) mass is 550 g/mol. The highest BCUT2D eigenvalue weighted by molar-refractivity contribution is 14.1. The maximum absolute atomic E-state index is 5.99. The molecule has 1 N–H and O–H groups in total. The van der Waals surface area contributed by atoms with E-state index < -0.39 is 0 Å². The fourth-order valence-electron chi connectivity index (χ4n) is 2.68. The van der Waals surface area contributed by atoms with Crippen molar-refractivity contribution < 1.29 is 4.74 Å². The number of hydrogen-bond acceptors (Lipinski definition) is 4. The summed E-state index contributed by atoms with van der Waals surface area (Å²) in [7, 11) is 0. The highest BCUT2D eigenvalue weighted by atomic mass is 127. The lowest BCUT2D eigenvalue weighted by Gasteiger charge is -2.13. The van der Waals surface area contributed by atoms with Gasteiger partial charge >= 0.3 is 0 Å². The largest absolute Gasteiger partial charge is 0.488 e. The second-order valence-electron chi connectivity index (χ2n) is 6.01. The number of hydrogen-bond donors (Lipinski definition) is 1. The second kappa shape index (κ2) is 8.67. The lowest BCUT2D eigenvalue weighted by atomic mass is 10.2. The van der Waals surface area contributed by atoms with E-state index in [-0.39, 0.29) is 5.37 Å². The lowest BCUT2D eigenvalue weighted by molar-refractivity contribution is 0.304. The summed E-state index contributed by atoms with van der Waals surface area (Å²) in [5, 5.41) is 5.63. The van der Waals surface area contributed by atoms with Crippen molar-refractivity contribution in [3.63, 3.8) is 0 Å². The minimum Gasteiger partial charge on any atom is -0.488 e. The Kier molecular flexibility index (Phi) is 6.04. The van der Waals surface area contributed by atoms with Gasteiger partial charge < -0.3 is 4.74 Å². The summed E-state index contributed by atoms with van der Waals surface area (Å²) in [6.07, 6.45) is 0. The first-order valence-electron chi connectivity index (χ1n) is 8.41. The molecule has 0 aliphatic carbocycles. The van der Waals surface area contributed by atoms with Crippen molar-refractivity contribution in [3.8, 4) is 5.75 Å². The van der Waals surface area contributed by atoms with Crippen LogP contribution in [0.1, 0.15) is 22.1 Å². The van der Waals surface area contributed by atoms with E-state index in [9.17, 15) is 0 Å². The van der Waals surface area contributed by atoms with E-state index in [1.165, 1.54) is 5.56 Å². The van der Waals surface area contributed by atoms with Crippen molar-refractivity contribution in [3.05, 3.63) is 97.5 Å². The zero-order valence-corrected chi connectivity index (χ0v) is 18.8. The summed E-state index contributed by atoms with van der Waals surface area (Å²) in [4.78, 5) is 0. The van der Waals surface area contributed by atoms with E-state index in [1.807, 2.05) is 36.4 Å². The van der Waals surface area contributed by atoms with Gasteiger partial charge in [-0.2, -0.15) is 5.10 Å². The molecule has 0 amide bonds. The van der Waals surface area contributed by atoms with Crippen LogP contribution in [-0.4, -0.2) is 5.04 Å². The molecule has 3 nitrogen and oxygen atoms in total. The van der Waals surface area contributed by atoms with Crippen LogP contribution in [0.15, 0.2) is 82.4 Å². The third-order valence-electron chi connectivity index (χ3n) is 4.10. The topological polar surface area (TPSA) is 33.6 Å². The number of nitrogens with one attached hydrogen (secondary N) is 1. The molecule has 136 valence electrons. The van der Waals surface area contributed by atoms with Crippen molar-refractivity contribution in [2.75, 3.05) is 0 Å². The first-order valence-corrected chi connectivity index (χ1v) is 11.2. The number of nitrogens with zero attached hydrogens (tertiary/aromatic N) is 1. The predicted octanol–water partition coefficient (Wildman–Crippen LogP) is 6.33. The van der Waals surface area contributed by atoms with Gasteiger partial charge in [0.1, 0.15) is 22.8 Å². The molecule has 27 heavy (non-hydrogen) atoms. The number of rotatable bonds is 5. The van der Waals surface area contributed by atoms with Crippen molar-refractivity contribution in [1.82, 2.24) is 5.43 Å². The van der Waals surface area contributed by atoms with Gasteiger partial charge in [-0.05, 0) is 58.0 Å². The van der Waals surface area contributed by atoms with Gasteiger partial charge in [0.2, 0.25) is 0 Å². The lowest BCUT2D eigenvalue weighted by Crippen LogP contribution is -2.07. The van der Waals surface area contributed by atoms with Gasteiger partial charge in [0.05, 0.1) is 3.57 Å². The Hall–Kier alpha value is -1.51. The smallest absolute Gasteiger partial charge is 0.133 e.